The van der Waals surface area contributed by atoms with Crippen molar-refractivity contribution in [2.24, 2.45) is 5.18 Å². The number of aryl methyl sites for hydroxylation is 1. The quantitative estimate of drug-likeness (QED) is 0.567. The van der Waals surface area contributed by atoms with Gasteiger partial charge in [0, 0.05) is 5.18 Å². The molecule has 4 heteroatoms. The van der Waals surface area contributed by atoms with Gasteiger partial charge in [-0.15, -0.1) is 4.91 Å². The van der Waals surface area contributed by atoms with Crippen molar-refractivity contribution in [2.45, 2.75) is 26.7 Å². The van der Waals surface area contributed by atoms with Gasteiger partial charge in [-0.2, -0.15) is 0 Å². The number of ether oxygens (including phenoxy) is 1. The highest BCUT2D eigenvalue weighted by atomic mass is 16.5. The van der Waals surface area contributed by atoms with E-state index in [0.29, 0.717) is 17.9 Å². The third-order valence-electron chi connectivity index (χ3n) is 2.29. The second kappa shape index (κ2) is 6.00. The van der Waals surface area contributed by atoms with Gasteiger partial charge in [0.05, 0.1) is 12.2 Å². The Morgan fingerprint density at radius 1 is 1.44 bits per heavy atom. The molecule has 0 aromatic heterocycles. The Labute approximate surface area is 94.6 Å². The van der Waals surface area contributed by atoms with Gasteiger partial charge in [0.2, 0.25) is 0 Å². The van der Waals surface area contributed by atoms with Crippen molar-refractivity contribution in [3.63, 3.8) is 0 Å². The van der Waals surface area contributed by atoms with Crippen LogP contribution in [0.1, 0.15) is 35.7 Å². The van der Waals surface area contributed by atoms with Crippen LogP contribution in [0.5, 0.6) is 5.75 Å². The van der Waals surface area contributed by atoms with Crippen LogP contribution in [0.2, 0.25) is 0 Å². The highest BCUT2D eigenvalue weighted by Crippen LogP contribution is 2.18. The summed E-state index contributed by atoms with van der Waals surface area (Å²) >= 11 is 0. The molecule has 86 valence electrons. The maximum Gasteiger partial charge on any atom is 0.317 e. The fourth-order valence-corrected chi connectivity index (χ4v) is 1.30. The predicted octanol–water partition coefficient (Wildman–Crippen LogP) is 3.08. The molecule has 4 nitrogen and oxygen atoms in total. The van der Waals surface area contributed by atoms with E-state index in [0.717, 1.165) is 18.4 Å². The summed E-state index contributed by atoms with van der Waals surface area (Å²) in [7, 11) is 0. The molecule has 1 rings (SSSR count). The number of unbranched alkanes of at least 4 members (excludes halogenated alkanes) is 1. The molecular weight excluding hydrogens is 206 g/mol. The molecule has 0 bridgehead atoms. The molecule has 1 aromatic carbocycles. The number of benzene rings is 1. The summed E-state index contributed by atoms with van der Waals surface area (Å²) in [6, 6.07) is 5.10. The predicted molar refractivity (Wildman–Crippen MR) is 61.7 cm³/mol. The highest BCUT2D eigenvalue weighted by molar-refractivity contribution is 5.96. The molecule has 0 saturated heterocycles. The average Bonchev–Trinajstić information content (AvgIpc) is 2.30. The standard InChI is InChI=1S/C12H15NO3/c1-3-4-7-16-10-6-5-9(2)11(8-10)12(14)13-15/h5-6,8H,3-4,7H2,1-2H3. The minimum absolute atomic E-state index is 0.309. The van der Waals surface area contributed by atoms with Gasteiger partial charge in [0.15, 0.2) is 0 Å². The van der Waals surface area contributed by atoms with Crippen molar-refractivity contribution in [3.8, 4) is 5.75 Å². The lowest BCUT2D eigenvalue weighted by Crippen LogP contribution is -2.01. The lowest BCUT2D eigenvalue weighted by Gasteiger charge is -2.07. The molecule has 0 aliphatic heterocycles. The van der Waals surface area contributed by atoms with Gasteiger partial charge in [0.1, 0.15) is 5.75 Å². The van der Waals surface area contributed by atoms with Crippen molar-refractivity contribution >= 4 is 5.91 Å². The van der Waals surface area contributed by atoms with Crippen molar-refractivity contribution in [1.29, 1.82) is 0 Å². The Hall–Kier alpha value is -1.71. The average molecular weight is 221 g/mol. The molecule has 0 unspecified atom stereocenters. The van der Waals surface area contributed by atoms with E-state index in [2.05, 4.69) is 12.1 Å². The first-order valence-electron chi connectivity index (χ1n) is 5.30. The van der Waals surface area contributed by atoms with Crippen LogP contribution in [0.15, 0.2) is 23.4 Å². The van der Waals surface area contributed by atoms with Crippen LogP contribution in [0, 0.1) is 11.8 Å². The van der Waals surface area contributed by atoms with Crippen molar-refractivity contribution < 1.29 is 9.53 Å². The van der Waals surface area contributed by atoms with E-state index in [9.17, 15) is 9.70 Å². The van der Waals surface area contributed by atoms with Gasteiger partial charge in [-0.3, -0.25) is 4.79 Å². The minimum atomic E-state index is -0.751. The van der Waals surface area contributed by atoms with E-state index in [4.69, 9.17) is 4.74 Å². The van der Waals surface area contributed by atoms with Crippen LogP contribution in [-0.4, -0.2) is 12.5 Å². The first kappa shape index (κ1) is 12.4. The molecule has 16 heavy (non-hydrogen) atoms. The van der Waals surface area contributed by atoms with E-state index in [1.807, 2.05) is 0 Å². The van der Waals surface area contributed by atoms with Gasteiger partial charge in [0.25, 0.3) is 0 Å². The van der Waals surface area contributed by atoms with E-state index < -0.39 is 5.91 Å². The summed E-state index contributed by atoms with van der Waals surface area (Å²) in [6.07, 6.45) is 2.01. The Kier molecular flexibility index (Phi) is 4.64. The largest absolute Gasteiger partial charge is 0.494 e. The topological polar surface area (TPSA) is 55.7 Å². The summed E-state index contributed by atoms with van der Waals surface area (Å²) < 4.78 is 5.44. The molecule has 0 spiro atoms. The Morgan fingerprint density at radius 2 is 2.19 bits per heavy atom. The van der Waals surface area contributed by atoms with Crippen LogP contribution < -0.4 is 4.74 Å². The maximum atomic E-state index is 11.2. The van der Waals surface area contributed by atoms with E-state index >= 15 is 0 Å². The second-order valence-electron chi connectivity index (χ2n) is 3.58. The van der Waals surface area contributed by atoms with Crippen LogP contribution in [0.4, 0.5) is 0 Å². The molecule has 0 aliphatic carbocycles. The fraction of sp³-hybridized carbons (Fsp3) is 0.417. The van der Waals surface area contributed by atoms with Gasteiger partial charge in [-0.1, -0.05) is 19.4 Å². The molecule has 0 heterocycles. The van der Waals surface area contributed by atoms with E-state index in [-0.39, 0.29) is 0 Å². The molecule has 0 saturated carbocycles. The minimum Gasteiger partial charge on any atom is -0.494 e. The van der Waals surface area contributed by atoms with Crippen LogP contribution in [0.3, 0.4) is 0 Å². The Balaban J connectivity index is 2.81. The lowest BCUT2D eigenvalue weighted by molar-refractivity contribution is 0.0999. The number of nitrogens with zero attached hydrogens (tertiary/aromatic N) is 1. The molecular formula is C12H15NO3. The first-order valence-corrected chi connectivity index (χ1v) is 5.30. The molecule has 0 aliphatic rings. The SMILES string of the molecule is CCCCOc1ccc(C)c(C(=O)N=O)c1. The first-order chi connectivity index (χ1) is 7.69. The Bertz CT molecular complexity index is 388. The van der Waals surface area contributed by atoms with Gasteiger partial charge >= 0.3 is 5.91 Å². The number of carbonyl (C=O) groups is 1. The molecule has 1 amide bonds. The molecule has 0 radical (unpaired) electrons. The third-order valence-corrected chi connectivity index (χ3v) is 2.29. The molecule has 1 aromatic rings. The molecule has 0 fully saturated rings. The normalized spacial score (nSPS) is 9.88. The molecule has 0 N–H and O–H groups in total. The zero-order chi connectivity index (χ0) is 12.0. The second-order valence-corrected chi connectivity index (χ2v) is 3.58. The number of hydrogen-bond donors (Lipinski definition) is 0. The van der Waals surface area contributed by atoms with E-state index in [1.165, 1.54) is 0 Å². The lowest BCUT2D eigenvalue weighted by atomic mass is 10.1. The number of amides is 1. The van der Waals surface area contributed by atoms with Crippen LogP contribution >= 0.6 is 0 Å². The number of carbonyl (C=O) groups excluding carboxylic acids is 1. The summed E-state index contributed by atoms with van der Waals surface area (Å²) in [5.41, 5.74) is 1.04. The number of nitroso groups, excluding NO2 is 1. The number of hydrogen-bond acceptors (Lipinski definition) is 3. The van der Waals surface area contributed by atoms with Crippen LogP contribution in [-0.2, 0) is 0 Å². The van der Waals surface area contributed by atoms with Crippen molar-refractivity contribution in [2.75, 3.05) is 6.61 Å². The fourth-order valence-electron chi connectivity index (χ4n) is 1.30. The third kappa shape index (κ3) is 3.15. The van der Waals surface area contributed by atoms with Gasteiger partial charge in [-0.05, 0) is 31.0 Å². The van der Waals surface area contributed by atoms with Crippen LogP contribution in [0.25, 0.3) is 0 Å². The van der Waals surface area contributed by atoms with Gasteiger partial charge < -0.3 is 4.74 Å². The highest BCUT2D eigenvalue weighted by Gasteiger charge is 2.10. The monoisotopic (exact) mass is 221 g/mol. The molecule has 0 atom stereocenters. The van der Waals surface area contributed by atoms with Crippen molar-refractivity contribution in [3.05, 3.63) is 34.2 Å². The summed E-state index contributed by atoms with van der Waals surface area (Å²) in [5.74, 6) is -0.149. The number of rotatable bonds is 5. The summed E-state index contributed by atoms with van der Waals surface area (Å²) in [4.78, 5) is 21.4. The van der Waals surface area contributed by atoms with E-state index in [1.54, 1.807) is 25.1 Å². The van der Waals surface area contributed by atoms with Crippen molar-refractivity contribution in [1.82, 2.24) is 0 Å². The Morgan fingerprint density at radius 3 is 2.81 bits per heavy atom. The zero-order valence-electron chi connectivity index (χ0n) is 9.53. The van der Waals surface area contributed by atoms with Gasteiger partial charge in [-0.25, -0.2) is 0 Å². The summed E-state index contributed by atoms with van der Waals surface area (Å²) in [6.45, 7) is 4.44. The maximum absolute atomic E-state index is 11.2. The zero-order valence-corrected chi connectivity index (χ0v) is 9.53. The summed E-state index contributed by atoms with van der Waals surface area (Å²) in [5, 5.41) is 2.41. The smallest absolute Gasteiger partial charge is 0.317 e.